The van der Waals surface area contributed by atoms with Crippen LogP contribution in [0.25, 0.3) is 0 Å². The van der Waals surface area contributed by atoms with E-state index in [0.29, 0.717) is 13.2 Å². The van der Waals surface area contributed by atoms with Gasteiger partial charge >= 0.3 is 6.03 Å². The number of rotatable bonds is 4. The van der Waals surface area contributed by atoms with E-state index in [1.54, 1.807) is 4.90 Å². The molecule has 25 heavy (non-hydrogen) atoms. The van der Waals surface area contributed by atoms with E-state index in [4.69, 9.17) is 4.74 Å². The van der Waals surface area contributed by atoms with Crippen LogP contribution in [-0.4, -0.2) is 60.6 Å². The summed E-state index contributed by atoms with van der Waals surface area (Å²) in [4.78, 5) is 28.5. The molecule has 2 atom stereocenters. The molecule has 1 aromatic rings. The standard InChI is InChI=1S/C19H27N3O3/c1-2-10-21-11-6-12-22(14-17(21)23)19(24)20-16-9-13-25-18(16)15-7-4-3-5-8-15/h3-5,7-8,16,18H,2,6,9-14H2,1H3,(H,20,24)/t16-,18-/m0/s1. The maximum Gasteiger partial charge on any atom is 0.318 e. The molecule has 0 saturated carbocycles. The number of nitrogens with one attached hydrogen (secondary N) is 1. The molecule has 2 aliphatic heterocycles. The van der Waals surface area contributed by atoms with E-state index in [1.165, 1.54) is 0 Å². The molecule has 3 amide bonds. The second-order valence-corrected chi connectivity index (χ2v) is 6.70. The Labute approximate surface area is 149 Å². The Bertz CT molecular complexity index is 593. The lowest BCUT2D eigenvalue weighted by atomic mass is 10.0. The van der Waals surface area contributed by atoms with Crippen molar-refractivity contribution in [2.45, 2.75) is 38.3 Å². The molecule has 0 unspecified atom stereocenters. The fraction of sp³-hybridized carbons (Fsp3) is 0.579. The van der Waals surface area contributed by atoms with Gasteiger partial charge in [0, 0.05) is 26.2 Å². The Morgan fingerprint density at radius 1 is 1.28 bits per heavy atom. The van der Waals surface area contributed by atoms with Crippen LogP contribution < -0.4 is 5.32 Å². The molecular weight excluding hydrogens is 318 g/mol. The van der Waals surface area contributed by atoms with E-state index in [2.05, 4.69) is 12.2 Å². The molecular formula is C19H27N3O3. The first-order valence-corrected chi connectivity index (χ1v) is 9.19. The Kier molecular flexibility index (Phi) is 5.91. The van der Waals surface area contributed by atoms with Crippen molar-refractivity contribution < 1.29 is 14.3 Å². The van der Waals surface area contributed by atoms with Crippen LogP contribution >= 0.6 is 0 Å². The van der Waals surface area contributed by atoms with Gasteiger partial charge in [0.15, 0.2) is 0 Å². The molecule has 0 aliphatic carbocycles. The second-order valence-electron chi connectivity index (χ2n) is 6.70. The topological polar surface area (TPSA) is 61.9 Å². The van der Waals surface area contributed by atoms with E-state index >= 15 is 0 Å². The fourth-order valence-electron chi connectivity index (χ4n) is 3.56. The molecule has 2 saturated heterocycles. The summed E-state index contributed by atoms with van der Waals surface area (Å²) in [5.74, 6) is 0.0387. The van der Waals surface area contributed by atoms with Crippen molar-refractivity contribution in [1.29, 1.82) is 0 Å². The minimum Gasteiger partial charge on any atom is -0.371 e. The highest BCUT2D eigenvalue weighted by atomic mass is 16.5. The maximum absolute atomic E-state index is 12.7. The summed E-state index contributed by atoms with van der Waals surface area (Å²) in [7, 11) is 0. The third-order valence-corrected chi connectivity index (χ3v) is 4.84. The second kappa shape index (κ2) is 8.34. The van der Waals surface area contributed by atoms with E-state index < -0.39 is 0 Å². The van der Waals surface area contributed by atoms with Crippen LogP contribution in [0.2, 0.25) is 0 Å². The van der Waals surface area contributed by atoms with Gasteiger partial charge in [-0.15, -0.1) is 0 Å². The number of amides is 3. The van der Waals surface area contributed by atoms with Crippen LogP contribution in [0.1, 0.15) is 37.9 Å². The van der Waals surface area contributed by atoms with E-state index in [0.717, 1.165) is 37.9 Å². The summed E-state index contributed by atoms with van der Waals surface area (Å²) in [6, 6.07) is 9.75. The Balaban J connectivity index is 1.60. The lowest BCUT2D eigenvalue weighted by Crippen LogP contribution is -2.48. The summed E-state index contributed by atoms with van der Waals surface area (Å²) in [5.41, 5.74) is 1.08. The molecule has 0 radical (unpaired) electrons. The number of benzene rings is 1. The van der Waals surface area contributed by atoms with Gasteiger partial charge in [-0.1, -0.05) is 37.3 Å². The number of urea groups is 1. The van der Waals surface area contributed by atoms with Gasteiger partial charge in [-0.3, -0.25) is 4.79 Å². The van der Waals surface area contributed by atoms with Crippen molar-refractivity contribution in [2.75, 3.05) is 32.8 Å². The summed E-state index contributed by atoms with van der Waals surface area (Å²) in [5, 5.41) is 3.08. The highest BCUT2D eigenvalue weighted by Crippen LogP contribution is 2.29. The number of nitrogens with zero attached hydrogens (tertiary/aromatic N) is 2. The smallest absolute Gasteiger partial charge is 0.318 e. The van der Waals surface area contributed by atoms with Crippen LogP contribution in [0, 0.1) is 0 Å². The summed E-state index contributed by atoms with van der Waals surface area (Å²) in [6.07, 6.45) is 2.43. The number of hydrogen-bond donors (Lipinski definition) is 1. The molecule has 0 aromatic heterocycles. The van der Waals surface area contributed by atoms with E-state index in [-0.39, 0.29) is 30.6 Å². The first kappa shape index (κ1) is 17.7. The average Bonchev–Trinajstić information content (AvgIpc) is 3.00. The highest BCUT2D eigenvalue weighted by Gasteiger charge is 2.33. The number of hydrogen-bond acceptors (Lipinski definition) is 3. The predicted octanol–water partition coefficient (Wildman–Crippen LogP) is 2.17. The normalized spacial score (nSPS) is 24.3. The third kappa shape index (κ3) is 4.31. The average molecular weight is 345 g/mol. The van der Waals surface area contributed by atoms with Crippen LogP contribution in [0.15, 0.2) is 30.3 Å². The minimum atomic E-state index is -0.164. The number of carbonyl (C=O) groups is 2. The van der Waals surface area contributed by atoms with Gasteiger partial charge in [0.1, 0.15) is 12.6 Å². The molecule has 0 spiro atoms. The molecule has 6 heteroatoms. The highest BCUT2D eigenvalue weighted by molar-refractivity contribution is 5.84. The zero-order chi connectivity index (χ0) is 17.6. The van der Waals surface area contributed by atoms with Gasteiger partial charge in [-0.2, -0.15) is 0 Å². The van der Waals surface area contributed by atoms with Gasteiger partial charge in [-0.25, -0.2) is 4.79 Å². The van der Waals surface area contributed by atoms with Gasteiger partial charge < -0.3 is 19.9 Å². The summed E-state index contributed by atoms with van der Waals surface area (Å²) < 4.78 is 5.83. The molecule has 2 heterocycles. The van der Waals surface area contributed by atoms with Gasteiger partial charge in [0.2, 0.25) is 5.91 Å². The molecule has 2 aliphatic rings. The predicted molar refractivity (Wildman–Crippen MR) is 95.1 cm³/mol. The van der Waals surface area contributed by atoms with Gasteiger partial charge in [0.25, 0.3) is 0 Å². The SMILES string of the molecule is CCCN1CCCN(C(=O)N[C@H]2CCO[C@H]2c2ccccc2)CC1=O. The first-order valence-electron chi connectivity index (χ1n) is 9.19. The fourth-order valence-corrected chi connectivity index (χ4v) is 3.56. The first-order chi connectivity index (χ1) is 12.2. The van der Waals surface area contributed by atoms with Gasteiger partial charge in [-0.05, 0) is 24.8 Å². The Morgan fingerprint density at radius 2 is 2.08 bits per heavy atom. The third-order valence-electron chi connectivity index (χ3n) is 4.84. The van der Waals surface area contributed by atoms with Crippen LogP contribution in [0.3, 0.4) is 0 Å². The molecule has 0 bridgehead atoms. The molecule has 136 valence electrons. The maximum atomic E-state index is 12.7. The van der Waals surface area contributed by atoms with Crippen molar-refractivity contribution in [2.24, 2.45) is 0 Å². The number of carbonyl (C=O) groups excluding carboxylic acids is 2. The largest absolute Gasteiger partial charge is 0.371 e. The lowest BCUT2D eigenvalue weighted by Gasteiger charge is -2.26. The van der Waals surface area contributed by atoms with Crippen molar-refractivity contribution in [1.82, 2.24) is 15.1 Å². The summed E-state index contributed by atoms with van der Waals surface area (Å²) in [6.45, 7) is 4.97. The zero-order valence-corrected chi connectivity index (χ0v) is 14.8. The van der Waals surface area contributed by atoms with Crippen LogP contribution in [0.5, 0.6) is 0 Å². The number of ether oxygens (including phenoxy) is 1. The van der Waals surface area contributed by atoms with Gasteiger partial charge in [0.05, 0.1) is 6.04 Å². The quantitative estimate of drug-likeness (QED) is 0.910. The van der Waals surface area contributed by atoms with Crippen molar-refractivity contribution >= 4 is 11.9 Å². The molecule has 2 fully saturated rings. The van der Waals surface area contributed by atoms with Crippen molar-refractivity contribution in [3.8, 4) is 0 Å². The van der Waals surface area contributed by atoms with E-state index in [1.807, 2.05) is 35.2 Å². The monoisotopic (exact) mass is 345 g/mol. The van der Waals surface area contributed by atoms with E-state index in [9.17, 15) is 9.59 Å². The molecule has 3 rings (SSSR count). The van der Waals surface area contributed by atoms with Crippen LogP contribution in [-0.2, 0) is 9.53 Å². The summed E-state index contributed by atoms with van der Waals surface area (Å²) >= 11 is 0. The molecule has 1 N–H and O–H groups in total. The minimum absolute atomic E-state index is 0.0387. The Hall–Kier alpha value is -2.08. The molecule has 1 aromatic carbocycles. The Morgan fingerprint density at radius 3 is 2.84 bits per heavy atom. The van der Waals surface area contributed by atoms with Crippen molar-refractivity contribution in [3.63, 3.8) is 0 Å². The van der Waals surface area contributed by atoms with Crippen molar-refractivity contribution in [3.05, 3.63) is 35.9 Å². The lowest BCUT2D eigenvalue weighted by molar-refractivity contribution is -0.130. The van der Waals surface area contributed by atoms with Crippen LogP contribution in [0.4, 0.5) is 4.79 Å². The molecule has 6 nitrogen and oxygen atoms in total. The zero-order valence-electron chi connectivity index (χ0n) is 14.8.